The zero-order valence-electron chi connectivity index (χ0n) is 16.5. The van der Waals surface area contributed by atoms with Gasteiger partial charge in [-0.1, -0.05) is 24.3 Å². The van der Waals surface area contributed by atoms with Crippen LogP contribution in [0.1, 0.15) is 31.8 Å². The van der Waals surface area contributed by atoms with Crippen LogP contribution in [-0.2, 0) is 12.7 Å². The smallest absolute Gasteiger partial charge is 0.324 e. The second-order valence-corrected chi connectivity index (χ2v) is 7.93. The summed E-state index contributed by atoms with van der Waals surface area (Å²) in [4.78, 5) is 28.8. The number of quaternary nitrogens is 2. The third-order valence-corrected chi connectivity index (χ3v) is 5.94. The Balaban J connectivity index is 1.27. The molecule has 5 nitrogen and oxygen atoms in total. The highest BCUT2D eigenvalue weighted by atomic mass is 19.4. The maximum Gasteiger partial charge on any atom is 0.416 e. The Hall–Kier alpha value is -2.71. The van der Waals surface area contributed by atoms with Gasteiger partial charge in [-0.25, -0.2) is 0 Å². The standard InChI is InChI=1S/C22H22F3N3O2/c23-22(24,25)17-5-3-4-16(14-17)15-27-10-8-26(9-11-27)12-13-28-20(29)18-6-1-2-7-19(18)21(28)30/h1-7,14H,8-13,15H2/p+2. The molecule has 2 aliphatic heterocycles. The summed E-state index contributed by atoms with van der Waals surface area (Å²) >= 11 is 0. The van der Waals surface area contributed by atoms with Crippen molar-refractivity contribution in [2.24, 2.45) is 0 Å². The first kappa shape index (κ1) is 20.6. The molecule has 0 unspecified atom stereocenters. The molecule has 0 aliphatic carbocycles. The van der Waals surface area contributed by atoms with Gasteiger partial charge in [0.2, 0.25) is 0 Å². The van der Waals surface area contributed by atoms with Crippen LogP contribution >= 0.6 is 0 Å². The molecule has 158 valence electrons. The Kier molecular flexibility index (Phi) is 5.62. The van der Waals surface area contributed by atoms with E-state index in [9.17, 15) is 22.8 Å². The quantitative estimate of drug-likeness (QED) is 0.685. The molecule has 2 aromatic rings. The molecule has 0 bridgehead atoms. The van der Waals surface area contributed by atoms with Gasteiger partial charge in [0.25, 0.3) is 11.8 Å². The number of carbonyl (C=O) groups is 2. The van der Waals surface area contributed by atoms with E-state index in [-0.39, 0.29) is 11.8 Å². The number of benzene rings is 2. The first-order chi connectivity index (χ1) is 14.3. The van der Waals surface area contributed by atoms with E-state index in [0.717, 1.165) is 32.2 Å². The molecular formula is C22H24F3N3O2+2. The average Bonchev–Trinajstić information content (AvgIpc) is 2.98. The van der Waals surface area contributed by atoms with Crippen molar-refractivity contribution >= 4 is 11.8 Å². The minimum absolute atomic E-state index is 0.233. The predicted octanol–water partition coefficient (Wildman–Crippen LogP) is 0.285. The maximum atomic E-state index is 12.9. The number of hydrogen-bond donors (Lipinski definition) is 2. The van der Waals surface area contributed by atoms with E-state index in [4.69, 9.17) is 0 Å². The summed E-state index contributed by atoms with van der Waals surface area (Å²) in [5.41, 5.74) is 1.01. The molecule has 1 fully saturated rings. The normalized spacial score (nSPS) is 21.8. The lowest BCUT2D eigenvalue weighted by molar-refractivity contribution is -1.02. The van der Waals surface area contributed by atoms with Crippen LogP contribution in [0.3, 0.4) is 0 Å². The highest BCUT2D eigenvalue weighted by Crippen LogP contribution is 2.29. The fourth-order valence-corrected chi connectivity index (χ4v) is 4.24. The highest BCUT2D eigenvalue weighted by Gasteiger charge is 2.36. The lowest BCUT2D eigenvalue weighted by Gasteiger charge is -2.30. The number of fused-ring (bicyclic) bond motifs is 1. The predicted molar refractivity (Wildman–Crippen MR) is 103 cm³/mol. The molecule has 0 saturated carbocycles. The Morgan fingerprint density at radius 3 is 2.03 bits per heavy atom. The third kappa shape index (κ3) is 4.24. The van der Waals surface area contributed by atoms with E-state index in [1.54, 1.807) is 30.3 Å². The first-order valence-electron chi connectivity index (χ1n) is 10.1. The molecule has 2 aliphatic rings. The number of nitrogens with one attached hydrogen (secondary N) is 2. The zero-order chi connectivity index (χ0) is 21.3. The van der Waals surface area contributed by atoms with E-state index in [2.05, 4.69) is 0 Å². The Bertz CT molecular complexity index is 918. The maximum absolute atomic E-state index is 12.9. The van der Waals surface area contributed by atoms with Crippen LogP contribution in [0.25, 0.3) is 0 Å². The number of halogens is 3. The molecule has 2 amide bonds. The Morgan fingerprint density at radius 1 is 0.833 bits per heavy atom. The summed E-state index contributed by atoms with van der Waals surface area (Å²) in [7, 11) is 0. The van der Waals surface area contributed by atoms with Crippen LogP contribution in [0.5, 0.6) is 0 Å². The SMILES string of the molecule is O=C1c2ccccc2C(=O)N1CC[NH+]1CC[NH+](Cc2cccc(C(F)(F)F)c2)CC1. The summed E-state index contributed by atoms with van der Waals surface area (Å²) < 4.78 is 38.7. The molecule has 0 spiro atoms. The van der Waals surface area contributed by atoms with Crippen LogP contribution in [0.15, 0.2) is 48.5 Å². The van der Waals surface area contributed by atoms with Crippen molar-refractivity contribution in [3.63, 3.8) is 0 Å². The van der Waals surface area contributed by atoms with E-state index in [0.29, 0.717) is 36.3 Å². The molecule has 30 heavy (non-hydrogen) atoms. The van der Waals surface area contributed by atoms with Gasteiger partial charge in [-0.2, -0.15) is 13.2 Å². The third-order valence-electron chi connectivity index (χ3n) is 5.94. The Morgan fingerprint density at radius 2 is 1.43 bits per heavy atom. The van der Waals surface area contributed by atoms with Crippen LogP contribution in [0, 0.1) is 0 Å². The minimum Gasteiger partial charge on any atom is -0.324 e. The van der Waals surface area contributed by atoms with Crippen LogP contribution in [-0.4, -0.2) is 56.0 Å². The van der Waals surface area contributed by atoms with E-state index in [1.165, 1.54) is 26.8 Å². The largest absolute Gasteiger partial charge is 0.416 e. The number of hydrogen-bond acceptors (Lipinski definition) is 2. The van der Waals surface area contributed by atoms with Crippen molar-refractivity contribution in [3.05, 3.63) is 70.8 Å². The molecule has 0 aromatic heterocycles. The van der Waals surface area contributed by atoms with Gasteiger partial charge >= 0.3 is 6.18 Å². The molecular weight excluding hydrogens is 395 g/mol. The molecule has 8 heteroatoms. The van der Waals surface area contributed by atoms with Gasteiger partial charge in [-0.05, 0) is 24.3 Å². The van der Waals surface area contributed by atoms with Crippen molar-refractivity contribution in [1.29, 1.82) is 0 Å². The molecule has 2 heterocycles. The fraction of sp³-hybridized carbons (Fsp3) is 0.364. The van der Waals surface area contributed by atoms with Crippen molar-refractivity contribution in [2.75, 3.05) is 39.3 Å². The van der Waals surface area contributed by atoms with Crippen molar-refractivity contribution in [2.45, 2.75) is 12.7 Å². The second-order valence-electron chi connectivity index (χ2n) is 7.93. The van der Waals surface area contributed by atoms with E-state index in [1.807, 2.05) is 0 Å². The van der Waals surface area contributed by atoms with Crippen molar-refractivity contribution in [1.82, 2.24) is 4.90 Å². The number of imide groups is 1. The summed E-state index contributed by atoms with van der Waals surface area (Å²) in [6.45, 7) is 5.03. The summed E-state index contributed by atoms with van der Waals surface area (Å²) in [6, 6.07) is 12.4. The van der Waals surface area contributed by atoms with Crippen LogP contribution < -0.4 is 9.80 Å². The summed E-state index contributed by atoms with van der Waals surface area (Å²) in [5.74, 6) is -0.465. The highest BCUT2D eigenvalue weighted by molar-refractivity contribution is 6.21. The average molecular weight is 419 g/mol. The zero-order valence-corrected chi connectivity index (χ0v) is 16.5. The Labute approximate surface area is 172 Å². The first-order valence-corrected chi connectivity index (χ1v) is 10.1. The molecule has 4 rings (SSSR count). The van der Waals surface area contributed by atoms with E-state index < -0.39 is 11.7 Å². The van der Waals surface area contributed by atoms with Gasteiger partial charge in [0, 0.05) is 5.56 Å². The molecule has 2 aromatic carbocycles. The van der Waals surface area contributed by atoms with Gasteiger partial charge in [-0.15, -0.1) is 0 Å². The number of alkyl halides is 3. The molecule has 2 N–H and O–H groups in total. The minimum atomic E-state index is -4.32. The molecule has 0 atom stereocenters. The second kappa shape index (κ2) is 8.20. The van der Waals surface area contributed by atoms with E-state index >= 15 is 0 Å². The van der Waals surface area contributed by atoms with Gasteiger partial charge in [0.15, 0.2) is 0 Å². The number of carbonyl (C=O) groups excluding carboxylic acids is 2. The number of piperazine rings is 1. The summed E-state index contributed by atoms with van der Waals surface area (Å²) in [6.07, 6.45) is -4.32. The van der Waals surface area contributed by atoms with Gasteiger partial charge in [0.1, 0.15) is 32.7 Å². The lowest BCUT2D eigenvalue weighted by atomic mass is 10.1. The van der Waals surface area contributed by atoms with Crippen LogP contribution in [0.2, 0.25) is 0 Å². The van der Waals surface area contributed by atoms with Gasteiger partial charge in [-0.3, -0.25) is 14.5 Å². The topological polar surface area (TPSA) is 46.3 Å². The van der Waals surface area contributed by atoms with Crippen molar-refractivity contribution < 1.29 is 32.6 Å². The number of nitrogens with zero attached hydrogens (tertiary/aromatic N) is 1. The van der Waals surface area contributed by atoms with Crippen LogP contribution in [0.4, 0.5) is 13.2 Å². The fourth-order valence-electron chi connectivity index (χ4n) is 4.24. The van der Waals surface area contributed by atoms with Gasteiger partial charge < -0.3 is 9.80 Å². The number of rotatable bonds is 5. The van der Waals surface area contributed by atoms with Gasteiger partial charge in [0.05, 0.1) is 29.8 Å². The van der Waals surface area contributed by atoms with Crippen molar-refractivity contribution in [3.8, 4) is 0 Å². The monoisotopic (exact) mass is 419 g/mol. The molecule has 0 radical (unpaired) electrons. The molecule has 1 saturated heterocycles. The lowest BCUT2D eigenvalue weighted by Crippen LogP contribution is -3.27. The summed E-state index contributed by atoms with van der Waals surface area (Å²) in [5, 5.41) is 0. The number of amides is 2.